The average Bonchev–Trinajstić information content (AvgIpc) is 2.46. The third kappa shape index (κ3) is 4.67. The molecule has 2 aromatic carbocycles. The first-order valence-corrected chi connectivity index (χ1v) is 6.27. The molecule has 0 heterocycles. The van der Waals surface area contributed by atoms with E-state index in [1.165, 1.54) is 5.56 Å². The van der Waals surface area contributed by atoms with Gasteiger partial charge in [0, 0.05) is 12.6 Å². The molecule has 3 heteroatoms. The molecule has 2 N–H and O–H groups in total. The van der Waals surface area contributed by atoms with Gasteiger partial charge in [0.1, 0.15) is 0 Å². The SMILES string of the molecule is CC(NCc1ccccc1)C(O)c1ccccc1.Cl. The lowest BCUT2D eigenvalue weighted by molar-refractivity contribution is 0.135. The lowest BCUT2D eigenvalue weighted by atomic mass is 10.0. The second-order valence-corrected chi connectivity index (χ2v) is 4.51. The van der Waals surface area contributed by atoms with Gasteiger partial charge in [-0.3, -0.25) is 0 Å². The number of aliphatic hydroxyl groups is 1. The van der Waals surface area contributed by atoms with Gasteiger partial charge in [-0.05, 0) is 18.1 Å². The van der Waals surface area contributed by atoms with Gasteiger partial charge in [-0.1, -0.05) is 60.7 Å². The van der Waals surface area contributed by atoms with Crippen molar-refractivity contribution in [2.24, 2.45) is 0 Å². The molecule has 2 unspecified atom stereocenters. The largest absolute Gasteiger partial charge is 0.387 e. The van der Waals surface area contributed by atoms with E-state index in [0.29, 0.717) is 0 Å². The third-order valence-electron chi connectivity index (χ3n) is 3.09. The smallest absolute Gasteiger partial charge is 0.0940 e. The van der Waals surface area contributed by atoms with Crippen LogP contribution in [0.1, 0.15) is 24.2 Å². The number of halogens is 1. The van der Waals surface area contributed by atoms with Crippen LogP contribution in [0.25, 0.3) is 0 Å². The van der Waals surface area contributed by atoms with Crippen molar-refractivity contribution in [3.63, 3.8) is 0 Å². The molecule has 0 aliphatic heterocycles. The van der Waals surface area contributed by atoms with Gasteiger partial charge < -0.3 is 10.4 Å². The zero-order valence-corrected chi connectivity index (χ0v) is 11.8. The quantitative estimate of drug-likeness (QED) is 0.879. The Kier molecular flexibility index (Phi) is 6.57. The summed E-state index contributed by atoms with van der Waals surface area (Å²) < 4.78 is 0. The molecule has 2 rings (SSSR count). The van der Waals surface area contributed by atoms with Crippen LogP contribution in [0, 0.1) is 0 Å². The van der Waals surface area contributed by atoms with Gasteiger partial charge in [0.2, 0.25) is 0 Å². The van der Waals surface area contributed by atoms with Crippen molar-refractivity contribution in [3.05, 3.63) is 71.8 Å². The molecule has 0 bridgehead atoms. The second-order valence-electron chi connectivity index (χ2n) is 4.51. The van der Waals surface area contributed by atoms with E-state index in [0.717, 1.165) is 12.1 Å². The summed E-state index contributed by atoms with van der Waals surface area (Å²) in [5.74, 6) is 0. The summed E-state index contributed by atoms with van der Waals surface area (Å²) in [6.07, 6.45) is -0.477. The van der Waals surface area contributed by atoms with Gasteiger partial charge >= 0.3 is 0 Å². The zero-order valence-electron chi connectivity index (χ0n) is 11.0. The highest BCUT2D eigenvalue weighted by atomic mass is 35.5. The summed E-state index contributed by atoms with van der Waals surface area (Å²) in [5, 5.41) is 13.6. The minimum atomic E-state index is -0.477. The molecule has 0 saturated heterocycles. The highest BCUT2D eigenvalue weighted by Crippen LogP contribution is 2.16. The molecule has 0 saturated carbocycles. The number of benzene rings is 2. The maximum absolute atomic E-state index is 10.2. The van der Waals surface area contributed by atoms with Crippen LogP contribution in [-0.2, 0) is 6.54 Å². The molecular formula is C16H20ClNO. The average molecular weight is 278 g/mol. The van der Waals surface area contributed by atoms with Crippen LogP contribution in [0.2, 0.25) is 0 Å². The molecule has 2 nitrogen and oxygen atoms in total. The van der Waals surface area contributed by atoms with Gasteiger partial charge in [-0.15, -0.1) is 12.4 Å². The van der Waals surface area contributed by atoms with E-state index < -0.39 is 6.10 Å². The Labute approximate surface area is 120 Å². The fourth-order valence-corrected chi connectivity index (χ4v) is 1.93. The van der Waals surface area contributed by atoms with Gasteiger partial charge in [0.05, 0.1) is 6.10 Å². The van der Waals surface area contributed by atoms with Crippen molar-refractivity contribution < 1.29 is 5.11 Å². The summed E-state index contributed by atoms with van der Waals surface area (Å²) >= 11 is 0. The van der Waals surface area contributed by atoms with Crippen molar-refractivity contribution in [1.82, 2.24) is 5.32 Å². The van der Waals surface area contributed by atoms with E-state index in [-0.39, 0.29) is 18.4 Å². The van der Waals surface area contributed by atoms with E-state index in [1.807, 2.05) is 55.5 Å². The van der Waals surface area contributed by atoms with Crippen LogP contribution in [0.5, 0.6) is 0 Å². The topological polar surface area (TPSA) is 32.3 Å². The Morgan fingerprint density at radius 2 is 1.47 bits per heavy atom. The van der Waals surface area contributed by atoms with E-state index >= 15 is 0 Å². The monoisotopic (exact) mass is 277 g/mol. The van der Waals surface area contributed by atoms with Crippen molar-refractivity contribution in [3.8, 4) is 0 Å². The van der Waals surface area contributed by atoms with Crippen LogP contribution >= 0.6 is 12.4 Å². The fraction of sp³-hybridized carbons (Fsp3) is 0.250. The van der Waals surface area contributed by atoms with Gasteiger partial charge in [0.15, 0.2) is 0 Å². The number of hydrogen-bond acceptors (Lipinski definition) is 2. The Bertz CT molecular complexity index is 461. The van der Waals surface area contributed by atoms with Crippen molar-refractivity contribution in [1.29, 1.82) is 0 Å². The minimum Gasteiger partial charge on any atom is -0.387 e. The summed E-state index contributed by atoms with van der Waals surface area (Å²) in [5.41, 5.74) is 2.18. The highest BCUT2D eigenvalue weighted by Gasteiger charge is 2.15. The molecule has 0 spiro atoms. The third-order valence-corrected chi connectivity index (χ3v) is 3.09. The molecule has 0 amide bonds. The lowest BCUT2D eigenvalue weighted by Gasteiger charge is -2.20. The molecule has 0 fully saturated rings. The van der Waals surface area contributed by atoms with Gasteiger partial charge in [-0.25, -0.2) is 0 Å². The number of hydrogen-bond donors (Lipinski definition) is 2. The van der Waals surface area contributed by atoms with Crippen molar-refractivity contribution >= 4 is 12.4 Å². The number of nitrogens with one attached hydrogen (secondary N) is 1. The van der Waals surface area contributed by atoms with Crippen molar-refractivity contribution in [2.45, 2.75) is 25.6 Å². The normalized spacial score (nSPS) is 13.4. The first-order valence-electron chi connectivity index (χ1n) is 6.27. The van der Waals surface area contributed by atoms with Gasteiger partial charge in [0.25, 0.3) is 0 Å². The Morgan fingerprint density at radius 3 is 2.05 bits per heavy atom. The maximum Gasteiger partial charge on any atom is 0.0940 e. The van der Waals surface area contributed by atoms with Crippen molar-refractivity contribution in [2.75, 3.05) is 0 Å². The molecule has 0 radical (unpaired) electrons. The molecule has 0 aliphatic carbocycles. The maximum atomic E-state index is 10.2. The zero-order chi connectivity index (χ0) is 12.8. The number of aliphatic hydroxyl groups excluding tert-OH is 1. The highest BCUT2D eigenvalue weighted by molar-refractivity contribution is 5.85. The molecule has 0 aliphatic rings. The summed E-state index contributed by atoms with van der Waals surface area (Å²) in [7, 11) is 0. The Hall–Kier alpha value is -1.35. The molecule has 102 valence electrons. The second kappa shape index (κ2) is 7.95. The Morgan fingerprint density at radius 1 is 0.947 bits per heavy atom. The first kappa shape index (κ1) is 15.7. The standard InChI is InChI=1S/C16H19NO.ClH/c1-13(16(18)15-10-6-3-7-11-15)17-12-14-8-4-2-5-9-14;/h2-11,13,16-18H,12H2,1H3;1H. The molecule has 19 heavy (non-hydrogen) atoms. The lowest BCUT2D eigenvalue weighted by Crippen LogP contribution is -2.31. The summed E-state index contributed by atoms with van der Waals surface area (Å²) in [6, 6.07) is 20.0. The molecular weight excluding hydrogens is 258 g/mol. The summed E-state index contributed by atoms with van der Waals surface area (Å²) in [6.45, 7) is 2.77. The van der Waals surface area contributed by atoms with E-state index in [4.69, 9.17) is 0 Å². The molecule has 2 atom stereocenters. The first-order chi connectivity index (χ1) is 8.77. The van der Waals surface area contributed by atoms with Crippen LogP contribution in [0.3, 0.4) is 0 Å². The van der Waals surface area contributed by atoms with Crippen LogP contribution in [-0.4, -0.2) is 11.1 Å². The van der Waals surface area contributed by atoms with Crippen LogP contribution < -0.4 is 5.32 Å². The van der Waals surface area contributed by atoms with E-state index in [1.54, 1.807) is 0 Å². The molecule has 2 aromatic rings. The Balaban J connectivity index is 0.00000180. The summed E-state index contributed by atoms with van der Waals surface area (Å²) in [4.78, 5) is 0. The van der Waals surface area contributed by atoms with Gasteiger partial charge in [-0.2, -0.15) is 0 Å². The predicted octanol–water partition coefficient (Wildman–Crippen LogP) is 3.32. The van der Waals surface area contributed by atoms with E-state index in [2.05, 4.69) is 17.4 Å². The van der Waals surface area contributed by atoms with Crippen LogP contribution in [0.15, 0.2) is 60.7 Å². The fourth-order valence-electron chi connectivity index (χ4n) is 1.93. The minimum absolute atomic E-state index is 0. The molecule has 0 aromatic heterocycles. The van der Waals surface area contributed by atoms with E-state index in [9.17, 15) is 5.11 Å². The number of rotatable bonds is 5. The van der Waals surface area contributed by atoms with Crippen LogP contribution in [0.4, 0.5) is 0 Å². The predicted molar refractivity (Wildman–Crippen MR) is 81.4 cm³/mol.